The molecule has 8 heteroatoms. The zero-order valence-corrected chi connectivity index (χ0v) is 15.7. The molecule has 29 heavy (non-hydrogen) atoms. The number of rotatable bonds is 7. The van der Waals surface area contributed by atoms with Crippen LogP contribution in [0.25, 0.3) is 10.9 Å². The van der Waals surface area contributed by atoms with Gasteiger partial charge in [0.15, 0.2) is 6.10 Å². The summed E-state index contributed by atoms with van der Waals surface area (Å²) in [7, 11) is 0. The smallest absolute Gasteiger partial charge is 0.419 e. The van der Waals surface area contributed by atoms with Crippen LogP contribution in [0.4, 0.5) is 13.2 Å². The number of ether oxygens (including phenoxy) is 1. The number of aromatic amines is 1. The highest BCUT2D eigenvalue weighted by atomic mass is 19.4. The van der Waals surface area contributed by atoms with E-state index in [2.05, 4.69) is 10.3 Å². The number of amides is 1. The van der Waals surface area contributed by atoms with E-state index in [0.29, 0.717) is 6.42 Å². The summed E-state index contributed by atoms with van der Waals surface area (Å²) in [5.74, 6) is -1.03. The number of aromatic nitrogens is 1. The molecule has 0 saturated carbocycles. The number of hydrogen-bond donors (Lipinski definition) is 3. The first-order valence-corrected chi connectivity index (χ1v) is 9.08. The third-order valence-electron chi connectivity index (χ3n) is 4.57. The molecule has 0 radical (unpaired) electrons. The van der Waals surface area contributed by atoms with Crippen molar-refractivity contribution in [3.05, 3.63) is 65.9 Å². The number of fused-ring (bicyclic) bond motifs is 1. The van der Waals surface area contributed by atoms with Gasteiger partial charge in [-0.1, -0.05) is 30.3 Å². The molecule has 0 spiro atoms. The molecule has 5 nitrogen and oxygen atoms in total. The van der Waals surface area contributed by atoms with Crippen molar-refractivity contribution < 1.29 is 27.8 Å². The van der Waals surface area contributed by atoms with Crippen LogP contribution >= 0.6 is 0 Å². The lowest BCUT2D eigenvalue weighted by molar-refractivity contribution is -0.140. The lowest BCUT2D eigenvalue weighted by atomic mass is 10.1. The van der Waals surface area contributed by atoms with Gasteiger partial charge in [0.05, 0.1) is 18.2 Å². The van der Waals surface area contributed by atoms with Crippen LogP contribution in [0, 0.1) is 0 Å². The number of benzene rings is 2. The third-order valence-corrected chi connectivity index (χ3v) is 4.57. The van der Waals surface area contributed by atoms with Crippen molar-refractivity contribution in [3.63, 3.8) is 0 Å². The summed E-state index contributed by atoms with van der Waals surface area (Å²) >= 11 is 0. The number of carbonyl (C=O) groups is 1. The monoisotopic (exact) mass is 406 g/mol. The van der Waals surface area contributed by atoms with E-state index in [1.807, 2.05) is 24.3 Å². The number of aliphatic hydroxyl groups is 1. The molecule has 0 aliphatic carbocycles. The summed E-state index contributed by atoms with van der Waals surface area (Å²) in [6.07, 6.45) is -3.59. The zero-order valence-electron chi connectivity index (χ0n) is 15.7. The molecule has 0 unspecified atom stereocenters. The molecule has 1 amide bonds. The lowest BCUT2D eigenvalue weighted by Crippen LogP contribution is -2.45. The molecule has 3 N–H and O–H groups in total. The summed E-state index contributed by atoms with van der Waals surface area (Å²) in [6.45, 7) is 1.04. The summed E-state index contributed by atoms with van der Waals surface area (Å²) in [6, 6.07) is 11.7. The van der Waals surface area contributed by atoms with Gasteiger partial charge < -0.3 is 20.1 Å². The second-order valence-corrected chi connectivity index (χ2v) is 6.71. The van der Waals surface area contributed by atoms with Gasteiger partial charge in [-0.3, -0.25) is 4.79 Å². The van der Waals surface area contributed by atoms with Crippen molar-refractivity contribution in [2.45, 2.75) is 31.7 Å². The van der Waals surface area contributed by atoms with E-state index in [0.717, 1.165) is 22.5 Å². The van der Waals surface area contributed by atoms with Crippen LogP contribution in [-0.4, -0.2) is 34.8 Å². The number of nitrogens with one attached hydrogen (secondary N) is 2. The Kier molecular flexibility index (Phi) is 6.12. The highest BCUT2D eigenvalue weighted by Crippen LogP contribution is 2.36. The van der Waals surface area contributed by atoms with Gasteiger partial charge in [-0.15, -0.1) is 0 Å². The van der Waals surface area contributed by atoms with E-state index >= 15 is 0 Å². The quantitative estimate of drug-likeness (QED) is 0.561. The summed E-state index contributed by atoms with van der Waals surface area (Å²) < 4.78 is 44.5. The Bertz CT molecular complexity index is 984. The fourth-order valence-corrected chi connectivity index (χ4v) is 3.09. The number of aliphatic hydroxyl groups excluding tert-OH is 1. The van der Waals surface area contributed by atoms with Crippen LogP contribution < -0.4 is 10.1 Å². The summed E-state index contributed by atoms with van der Waals surface area (Å²) in [4.78, 5) is 15.6. The van der Waals surface area contributed by atoms with Gasteiger partial charge in [0.1, 0.15) is 5.75 Å². The van der Waals surface area contributed by atoms with Gasteiger partial charge in [-0.25, -0.2) is 0 Å². The van der Waals surface area contributed by atoms with Gasteiger partial charge in [-0.05, 0) is 37.1 Å². The van der Waals surface area contributed by atoms with Crippen LogP contribution in [0.5, 0.6) is 5.75 Å². The van der Waals surface area contributed by atoms with E-state index in [-0.39, 0.29) is 6.61 Å². The fraction of sp³-hybridized carbons (Fsp3) is 0.286. The standard InChI is InChI=1S/C21H21F3N2O3/c1-13(29-19-9-5-3-7-17(19)21(22,23)24)20(28)26-15(12-27)10-14-11-25-18-8-4-2-6-16(14)18/h2-9,11,13,15,25,27H,10,12H2,1H3,(H,26,28)/t13-,15-/m1/s1. The number of halogens is 3. The first-order chi connectivity index (χ1) is 13.8. The van der Waals surface area contributed by atoms with Gasteiger partial charge in [0.2, 0.25) is 0 Å². The highest BCUT2D eigenvalue weighted by Gasteiger charge is 2.35. The van der Waals surface area contributed by atoms with Crippen molar-refractivity contribution in [3.8, 4) is 5.75 Å². The van der Waals surface area contributed by atoms with Crippen molar-refractivity contribution in [2.75, 3.05) is 6.61 Å². The molecular weight excluding hydrogens is 385 g/mol. The van der Waals surface area contributed by atoms with Gasteiger partial charge >= 0.3 is 6.18 Å². The average Bonchev–Trinajstić information content (AvgIpc) is 3.10. The first kappa shape index (κ1) is 20.7. The molecule has 0 fully saturated rings. The molecule has 0 aliphatic heterocycles. The van der Waals surface area contributed by atoms with E-state index in [4.69, 9.17) is 4.74 Å². The predicted molar refractivity (Wildman–Crippen MR) is 103 cm³/mol. The van der Waals surface area contributed by atoms with Crippen molar-refractivity contribution in [1.29, 1.82) is 0 Å². The second kappa shape index (κ2) is 8.57. The van der Waals surface area contributed by atoms with Crippen LogP contribution in [0.15, 0.2) is 54.7 Å². The van der Waals surface area contributed by atoms with Crippen molar-refractivity contribution in [1.82, 2.24) is 10.3 Å². The molecule has 2 atom stereocenters. The number of carbonyl (C=O) groups excluding carboxylic acids is 1. The molecule has 2 aromatic carbocycles. The van der Waals surface area contributed by atoms with Crippen molar-refractivity contribution >= 4 is 16.8 Å². The molecule has 1 aromatic heterocycles. The lowest BCUT2D eigenvalue weighted by Gasteiger charge is -2.21. The maximum atomic E-state index is 13.1. The Morgan fingerprint density at radius 2 is 1.86 bits per heavy atom. The molecule has 0 bridgehead atoms. The minimum Gasteiger partial charge on any atom is -0.480 e. The Balaban J connectivity index is 1.67. The van der Waals surface area contributed by atoms with Crippen LogP contribution in [-0.2, 0) is 17.4 Å². The number of H-pyrrole nitrogens is 1. The van der Waals surface area contributed by atoms with E-state index in [1.54, 1.807) is 6.20 Å². The number of para-hydroxylation sites is 2. The average molecular weight is 406 g/mol. The molecular formula is C21H21F3N2O3. The molecule has 3 rings (SSSR count). The van der Waals surface area contributed by atoms with Gasteiger partial charge in [0.25, 0.3) is 5.91 Å². The van der Waals surface area contributed by atoms with E-state index in [9.17, 15) is 23.1 Å². The van der Waals surface area contributed by atoms with Crippen LogP contribution in [0.1, 0.15) is 18.1 Å². The zero-order chi connectivity index (χ0) is 21.0. The SMILES string of the molecule is C[C@@H](Oc1ccccc1C(F)(F)F)C(=O)N[C@@H](CO)Cc1c[nH]c2ccccc12. The minimum absolute atomic E-state index is 0.322. The summed E-state index contributed by atoms with van der Waals surface area (Å²) in [5, 5.41) is 13.3. The normalized spacial score (nSPS) is 13.8. The Labute approximate surface area is 165 Å². The molecule has 0 aliphatic rings. The van der Waals surface area contributed by atoms with E-state index in [1.165, 1.54) is 25.1 Å². The predicted octanol–water partition coefficient (Wildman–Crippen LogP) is 3.67. The van der Waals surface area contributed by atoms with Crippen molar-refractivity contribution in [2.24, 2.45) is 0 Å². The Morgan fingerprint density at radius 1 is 1.17 bits per heavy atom. The minimum atomic E-state index is -4.59. The molecule has 154 valence electrons. The number of alkyl halides is 3. The van der Waals surface area contributed by atoms with Gasteiger partial charge in [0, 0.05) is 17.1 Å². The van der Waals surface area contributed by atoms with E-state index < -0.39 is 35.5 Å². The first-order valence-electron chi connectivity index (χ1n) is 9.08. The number of hydrogen-bond acceptors (Lipinski definition) is 3. The molecule has 1 heterocycles. The highest BCUT2D eigenvalue weighted by molar-refractivity contribution is 5.84. The molecule has 3 aromatic rings. The topological polar surface area (TPSA) is 74.3 Å². The molecule has 0 saturated heterocycles. The Hall–Kier alpha value is -3.00. The Morgan fingerprint density at radius 3 is 2.59 bits per heavy atom. The third kappa shape index (κ3) is 4.89. The van der Waals surface area contributed by atoms with Crippen LogP contribution in [0.3, 0.4) is 0 Å². The second-order valence-electron chi connectivity index (χ2n) is 6.71. The largest absolute Gasteiger partial charge is 0.480 e. The maximum Gasteiger partial charge on any atom is 0.419 e. The van der Waals surface area contributed by atoms with Gasteiger partial charge in [-0.2, -0.15) is 13.2 Å². The van der Waals surface area contributed by atoms with Crippen LogP contribution in [0.2, 0.25) is 0 Å². The maximum absolute atomic E-state index is 13.1. The summed E-state index contributed by atoms with van der Waals surface area (Å²) in [5.41, 5.74) is 0.902. The fourth-order valence-electron chi connectivity index (χ4n) is 3.09.